The van der Waals surface area contributed by atoms with Gasteiger partial charge in [-0.05, 0) is 49.7 Å². The quantitative estimate of drug-likeness (QED) is 0.850. The Morgan fingerprint density at radius 1 is 1.15 bits per heavy atom. The largest absolute Gasteiger partial charge is 0.483 e. The van der Waals surface area contributed by atoms with Crippen LogP contribution in [0.2, 0.25) is 0 Å². The normalized spacial score (nSPS) is 14.9. The number of hydrogen-bond donors (Lipinski definition) is 1. The molecule has 2 heterocycles. The van der Waals surface area contributed by atoms with E-state index in [1.807, 2.05) is 44.2 Å². The fourth-order valence-corrected chi connectivity index (χ4v) is 3.16. The third kappa shape index (κ3) is 4.98. The standard InChI is InChI=1S/C21H28N4O2/c1-4-24-10-12-25(13-11-24)20-9-8-18(14-22-20)23-21(26)15-27-19-7-5-6-16(2)17(19)3/h5-9,14H,4,10-13,15H2,1-3H3,(H,23,26). The van der Waals surface area contributed by atoms with E-state index >= 15 is 0 Å². The number of aryl methyl sites for hydroxylation is 1. The summed E-state index contributed by atoms with van der Waals surface area (Å²) in [5.74, 6) is 1.50. The minimum absolute atomic E-state index is 0.0228. The number of carbonyl (C=O) groups is 1. The van der Waals surface area contributed by atoms with Crippen molar-refractivity contribution in [2.45, 2.75) is 20.8 Å². The van der Waals surface area contributed by atoms with Gasteiger partial charge < -0.3 is 19.9 Å². The number of piperazine rings is 1. The van der Waals surface area contributed by atoms with Crippen LogP contribution in [-0.4, -0.2) is 55.1 Å². The highest BCUT2D eigenvalue weighted by atomic mass is 16.5. The molecular weight excluding hydrogens is 340 g/mol. The number of anilines is 2. The Balaban J connectivity index is 1.50. The van der Waals surface area contributed by atoms with Gasteiger partial charge in [-0.15, -0.1) is 0 Å². The highest BCUT2D eigenvalue weighted by Crippen LogP contribution is 2.20. The maximum atomic E-state index is 12.2. The van der Waals surface area contributed by atoms with Gasteiger partial charge in [0.15, 0.2) is 6.61 Å². The smallest absolute Gasteiger partial charge is 0.262 e. The molecule has 6 nitrogen and oxygen atoms in total. The molecule has 1 aromatic heterocycles. The van der Waals surface area contributed by atoms with Gasteiger partial charge in [-0.2, -0.15) is 0 Å². The molecule has 1 fully saturated rings. The highest BCUT2D eigenvalue weighted by Gasteiger charge is 2.16. The van der Waals surface area contributed by atoms with E-state index in [4.69, 9.17) is 4.74 Å². The molecule has 3 rings (SSSR count). The monoisotopic (exact) mass is 368 g/mol. The Morgan fingerprint density at radius 2 is 1.93 bits per heavy atom. The fraction of sp³-hybridized carbons (Fsp3) is 0.429. The van der Waals surface area contributed by atoms with Gasteiger partial charge in [0.2, 0.25) is 0 Å². The van der Waals surface area contributed by atoms with Crippen LogP contribution in [0.15, 0.2) is 36.5 Å². The summed E-state index contributed by atoms with van der Waals surface area (Å²) in [6.45, 7) is 11.4. The van der Waals surface area contributed by atoms with Crippen molar-refractivity contribution in [2.75, 3.05) is 49.5 Å². The molecule has 1 aliphatic rings. The molecule has 0 radical (unpaired) electrons. The molecule has 0 unspecified atom stereocenters. The van der Waals surface area contributed by atoms with E-state index in [1.54, 1.807) is 6.20 Å². The van der Waals surface area contributed by atoms with Crippen molar-refractivity contribution in [1.82, 2.24) is 9.88 Å². The Kier molecular flexibility index (Phi) is 6.29. The van der Waals surface area contributed by atoms with Crippen LogP contribution in [0, 0.1) is 13.8 Å². The van der Waals surface area contributed by atoms with E-state index in [9.17, 15) is 4.79 Å². The number of aromatic nitrogens is 1. The summed E-state index contributed by atoms with van der Waals surface area (Å²) >= 11 is 0. The van der Waals surface area contributed by atoms with Gasteiger partial charge in [-0.25, -0.2) is 4.98 Å². The number of hydrogen-bond acceptors (Lipinski definition) is 5. The van der Waals surface area contributed by atoms with Crippen LogP contribution in [0.4, 0.5) is 11.5 Å². The number of pyridine rings is 1. The SMILES string of the molecule is CCN1CCN(c2ccc(NC(=O)COc3cccc(C)c3C)cn2)CC1. The Morgan fingerprint density at radius 3 is 2.59 bits per heavy atom. The predicted molar refractivity (Wildman–Crippen MR) is 109 cm³/mol. The van der Waals surface area contributed by atoms with Crippen LogP contribution in [0.3, 0.4) is 0 Å². The molecule has 0 aliphatic carbocycles. The average Bonchev–Trinajstić information content (AvgIpc) is 2.70. The maximum Gasteiger partial charge on any atom is 0.262 e. The molecule has 0 bridgehead atoms. The van der Waals surface area contributed by atoms with Crippen LogP contribution < -0.4 is 15.0 Å². The first-order chi connectivity index (χ1) is 13.1. The maximum absolute atomic E-state index is 12.2. The van der Waals surface area contributed by atoms with E-state index < -0.39 is 0 Å². The summed E-state index contributed by atoms with van der Waals surface area (Å²) in [7, 11) is 0. The molecule has 0 atom stereocenters. The van der Waals surface area contributed by atoms with E-state index in [0.717, 1.165) is 55.4 Å². The second-order valence-electron chi connectivity index (χ2n) is 6.86. The van der Waals surface area contributed by atoms with Crippen LogP contribution in [-0.2, 0) is 4.79 Å². The lowest BCUT2D eigenvalue weighted by atomic mass is 10.1. The number of ether oxygens (including phenoxy) is 1. The van der Waals surface area contributed by atoms with Gasteiger partial charge in [0.1, 0.15) is 11.6 Å². The van der Waals surface area contributed by atoms with Gasteiger partial charge in [-0.1, -0.05) is 19.1 Å². The molecule has 1 N–H and O–H groups in total. The minimum atomic E-state index is -0.193. The third-order valence-corrected chi connectivity index (χ3v) is 5.09. The van der Waals surface area contributed by atoms with Gasteiger partial charge >= 0.3 is 0 Å². The molecule has 144 valence electrons. The van der Waals surface area contributed by atoms with Crippen molar-refractivity contribution < 1.29 is 9.53 Å². The first kappa shape index (κ1) is 19.2. The molecule has 1 amide bonds. The van der Waals surface area contributed by atoms with Crippen LogP contribution in [0.1, 0.15) is 18.1 Å². The van der Waals surface area contributed by atoms with Crippen LogP contribution in [0.25, 0.3) is 0 Å². The highest BCUT2D eigenvalue weighted by molar-refractivity contribution is 5.91. The Labute approximate surface area is 161 Å². The molecule has 27 heavy (non-hydrogen) atoms. The van der Waals surface area contributed by atoms with E-state index in [1.165, 1.54) is 0 Å². The van der Waals surface area contributed by atoms with E-state index in [0.29, 0.717) is 5.69 Å². The summed E-state index contributed by atoms with van der Waals surface area (Å²) in [6, 6.07) is 9.69. The van der Waals surface area contributed by atoms with Crippen molar-refractivity contribution in [1.29, 1.82) is 0 Å². The first-order valence-corrected chi connectivity index (χ1v) is 9.49. The van der Waals surface area contributed by atoms with Gasteiger partial charge in [0.25, 0.3) is 5.91 Å². The second kappa shape index (κ2) is 8.86. The Hall–Kier alpha value is -2.60. The summed E-state index contributed by atoms with van der Waals surface area (Å²) in [4.78, 5) is 21.4. The zero-order valence-corrected chi connectivity index (χ0v) is 16.4. The van der Waals surface area contributed by atoms with Crippen molar-refractivity contribution >= 4 is 17.4 Å². The molecule has 1 aromatic carbocycles. The van der Waals surface area contributed by atoms with Crippen molar-refractivity contribution in [3.8, 4) is 5.75 Å². The molecular formula is C21H28N4O2. The predicted octanol–water partition coefficient (Wildman–Crippen LogP) is 2.86. The van der Waals surface area contributed by atoms with Crippen molar-refractivity contribution in [3.63, 3.8) is 0 Å². The topological polar surface area (TPSA) is 57.7 Å². The zero-order chi connectivity index (χ0) is 19.2. The van der Waals surface area contributed by atoms with Crippen LogP contribution in [0.5, 0.6) is 5.75 Å². The zero-order valence-electron chi connectivity index (χ0n) is 16.4. The first-order valence-electron chi connectivity index (χ1n) is 9.49. The molecule has 1 saturated heterocycles. The molecule has 2 aromatic rings. The number of likely N-dealkylation sites (N-methyl/N-ethyl adjacent to an activating group) is 1. The fourth-order valence-electron chi connectivity index (χ4n) is 3.16. The summed E-state index contributed by atoms with van der Waals surface area (Å²) < 4.78 is 5.65. The molecule has 6 heteroatoms. The van der Waals surface area contributed by atoms with Gasteiger partial charge in [-0.3, -0.25) is 4.79 Å². The number of carbonyl (C=O) groups excluding carboxylic acids is 1. The van der Waals surface area contributed by atoms with E-state index in [-0.39, 0.29) is 12.5 Å². The lowest BCUT2D eigenvalue weighted by molar-refractivity contribution is -0.118. The Bertz CT molecular complexity index is 768. The number of nitrogens with one attached hydrogen (secondary N) is 1. The van der Waals surface area contributed by atoms with Gasteiger partial charge in [0, 0.05) is 26.2 Å². The average molecular weight is 368 g/mol. The molecule has 0 spiro atoms. The number of rotatable bonds is 6. The lowest BCUT2D eigenvalue weighted by Gasteiger charge is -2.34. The van der Waals surface area contributed by atoms with Crippen molar-refractivity contribution in [3.05, 3.63) is 47.7 Å². The van der Waals surface area contributed by atoms with Gasteiger partial charge in [0.05, 0.1) is 11.9 Å². The minimum Gasteiger partial charge on any atom is -0.483 e. The molecule has 1 aliphatic heterocycles. The lowest BCUT2D eigenvalue weighted by Crippen LogP contribution is -2.46. The second-order valence-corrected chi connectivity index (χ2v) is 6.86. The summed E-state index contributed by atoms with van der Waals surface area (Å²) in [5.41, 5.74) is 2.88. The van der Waals surface area contributed by atoms with Crippen molar-refractivity contribution in [2.24, 2.45) is 0 Å². The van der Waals surface area contributed by atoms with Crippen LogP contribution >= 0.6 is 0 Å². The molecule has 0 saturated carbocycles. The number of benzene rings is 1. The summed E-state index contributed by atoms with van der Waals surface area (Å²) in [6.07, 6.45) is 1.71. The number of amides is 1. The third-order valence-electron chi connectivity index (χ3n) is 5.09. The summed E-state index contributed by atoms with van der Waals surface area (Å²) in [5, 5.41) is 2.84. The van der Waals surface area contributed by atoms with E-state index in [2.05, 4.69) is 27.0 Å². The number of nitrogens with zero attached hydrogens (tertiary/aromatic N) is 3.